The number of aldehydes is 1. The molecule has 0 radical (unpaired) electrons. The lowest BCUT2D eigenvalue weighted by Crippen LogP contribution is -2.08. The Morgan fingerprint density at radius 2 is 1.67 bits per heavy atom. The van der Waals surface area contributed by atoms with E-state index in [4.69, 9.17) is 9.47 Å². The van der Waals surface area contributed by atoms with Gasteiger partial charge in [-0.3, -0.25) is 4.79 Å². The smallest absolute Gasteiger partial charge is 0.150 e. The van der Waals surface area contributed by atoms with E-state index in [1.165, 1.54) is 0 Å². The summed E-state index contributed by atoms with van der Waals surface area (Å²) in [5.41, 5.74) is 3.78. The fraction of sp³-hybridized carbons (Fsp3) is 0.278. The Morgan fingerprint density at radius 1 is 1.00 bits per heavy atom. The minimum Gasteiger partial charge on any atom is -0.491 e. The van der Waals surface area contributed by atoms with Crippen molar-refractivity contribution in [1.29, 1.82) is 0 Å². The molecule has 0 bridgehead atoms. The van der Waals surface area contributed by atoms with Crippen LogP contribution in [-0.4, -0.2) is 19.5 Å². The highest BCUT2D eigenvalue weighted by molar-refractivity contribution is 5.76. The fourth-order valence-corrected chi connectivity index (χ4v) is 2.25. The van der Waals surface area contributed by atoms with Crippen molar-refractivity contribution in [3.8, 4) is 5.75 Å². The van der Waals surface area contributed by atoms with Gasteiger partial charge in [-0.2, -0.15) is 0 Å². The summed E-state index contributed by atoms with van der Waals surface area (Å²) >= 11 is 0. The third-order valence-electron chi connectivity index (χ3n) is 3.20. The third-order valence-corrected chi connectivity index (χ3v) is 3.20. The Bertz CT molecular complexity index is 568. The summed E-state index contributed by atoms with van der Waals surface area (Å²) < 4.78 is 11.3. The predicted molar refractivity (Wildman–Crippen MR) is 82.9 cm³/mol. The van der Waals surface area contributed by atoms with E-state index in [0.717, 1.165) is 28.7 Å². The van der Waals surface area contributed by atoms with Crippen molar-refractivity contribution in [3.05, 3.63) is 64.7 Å². The maximum Gasteiger partial charge on any atom is 0.150 e. The lowest BCUT2D eigenvalue weighted by Gasteiger charge is -2.13. The summed E-state index contributed by atoms with van der Waals surface area (Å²) in [4.78, 5) is 10.8. The van der Waals surface area contributed by atoms with Crippen molar-refractivity contribution in [2.45, 2.75) is 20.5 Å². The highest BCUT2D eigenvalue weighted by Gasteiger charge is 2.06. The van der Waals surface area contributed by atoms with Crippen LogP contribution in [0.3, 0.4) is 0 Å². The van der Waals surface area contributed by atoms with E-state index < -0.39 is 0 Å². The van der Waals surface area contributed by atoms with Gasteiger partial charge >= 0.3 is 0 Å². The van der Waals surface area contributed by atoms with Crippen molar-refractivity contribution < 1.29 is 14.3 Å². The molecule has 3 heteroatoms. The van der Waals surface area contributed by atoms with Gasteiger partial charge in [0.2, 0.25) is 0 Å². The highest BCUT2D eigenvalue weighted by atomic mass is 16.5. The lowest BCUT2D eigenvalue weighted by atomic mass is 10.1. The van der Waals surface area contributed by atoms with Crippen molar-refractivity contribution >= 4 is 6.29 Å². The first kappa shape index (κ1) is 15.3. The molecule has 0 aromatic heterocycles. The number of benzene rings is 2. The molecular formula is C18H20O3. The molecule has 2 rings (SSSR count). The van der Waals surface area contributed by atoms with Crippen molar-refractivity contribution in [3.63, 3.8) is 0 Å². The molecule has 21 heavy (non-hydrogen) atoms. The second-order valence-corrected chi connectivity index (χ2v) is 4.99. The molecule has 0 aliphatic heterocycles. The zero-order valence-corrected chi connectivity index (χ0v) is 12.5. The van der Waals surface area contributed by atoms with Crippen molar-refractivity contribution in [1.82, 2.24) is 0 Å². The monoisotopic (exact) mass is 284 g/mol. The SMILES string of the molecule is Cc1cc(C=O)cc(C)c1OCCOCc1ccccc1. The highest BCUT2D eigenvalue weighted by Crippen LogP contribution is 2.24. The Hall–Kier alpha value is -2.13. The Labute approximate surface area is 125 Å². The first-order valence-electron chi connectivity index (χ1n) is 7.01. The average Bonchev–Trinajstić information content (AvgIpc) is 2.50. The molecule has 0 saturated carbocycles. The van der Waals surface area contributed by atoms with Crippen LogP contribution in [0.2, 0.25) is 0 Å². The topological polar surface area (TPSA) is 35.5 Å². The van der Waals surface area contributed by atoms with E-state index in [1.807, 2.05) is 56.3 Å². The van der Waals surface area contributed by atoms with Gasteiger partial charge in [0.25, 0.3) is 0 Å². The maximum absolute atomic E-state index is 10.8. The van der Waals surface area contributed by atoms with E-state index in [-0.39, 0.29) is 0 Å². The summed E-state index contributed by atoms with van der Waals surface area (Å²) in [6.07, 6.45) is 0.854. The molecule has 0 amide bonds. The van der Waals surface area contributed by atoms with Gasteiger partial charge < -0.3 is 9.47 Å². The molecule has 110 valence electrons. The van der Waals surface area contributed by atoms with Crippen LogP contribution in [0.1, 0.15) is 27.0 Å². The number of carbonyl (C=O) groups excluding carboxylic acids is 1. The predicted octanol–water partition coefficient (Wildman–Crippen LogP) is 3.71. The number of hydrogen-bond acceptors (Lipinski definition) is 3. The molecular weight excluding hydrogens is 264 g/mol. The van der Waals surface area contributed by atoms with Crippen LogP contribution in [0, 0.1) is 13.8 Å². The molecule has 0 N–H and O–H groups in total. The molecule has 2 aromatic rings. The maximum atomic E-state index is 10.8. The van der Waals surface area contributed by atoms with E-state index in [2.05, 4.69) is 0 Å². The van der Waals surface area contributed by atoms with Crippen LogP contribution < -0.4 is 4.74 Å². The van der Waals surface area contributed by atoms with Crippen LogP contribution in [0.5, 0.6) is 5.75 Å². The van der Waals surface area contributed by atoms with Crippen LogP contribution in [0.15, 0.2) is 42.5 Å². The van der Waals surface area contributed by atoms with Gasteiger partial charge in [-0.25, -0.2) is 0 Å². The first-order valence-corrected chi connectivity index (χ1v) is 7.01. The fourth-order valence-electron chi connectivity index (χ4n) is 2.25. The summed E-state index contributed by atoms with van der Waals surface area (Å²) in [6, 6.07) is 13.7. The van der Waals surface area contributed by atoms with E-state index in [9.17, 15) is 4.79 Å². The van der Waals surface area contributed by atoms with Crippen molar-refractivity contribution in [2.75, 3.05) is 13.2 Å². The van der Waals surface area contributed by atoms with E-state index >= 15 is 0 Å². The number of carbonyl (C=O) groups is 1. The van der Waals surface area contributed by atoms with E-state index in [1.54, 1.807) is 0 Å². The average molecular weight is 284 g/mol. The molecule has 0 spiro atoms. The molecule has 0 unspecified atom stereocenters. The molecule has 2 aromatic carbocycles. The minimum atomic E-state index is 0.495. The third kappa shape index (κ3) is 4.43. The second-order valence-electron chi connectivity index (χ2n) is 4.99. The zero-order valence-electron chi connectivity index (χ0n) is 12.5. The van der Waals surface area contributed by atoms with Crippen LogP contribution >= 0.6 is 0 Å². The second kappa shape index (κ2) is 7.60. The van der Waals surface area contributed by atoms with Gasteiger partial charge in [0.1, 0.15) is 18.6 Å². The summed E-state index contributed by atoms with van der Waals surface area (Å²) in [5.74, 6) is 0.837. The van der Waals surface area contributed by atoms with E-state index in [0.29, 0.717) is 25.4 Å². The summed E-state index contributed by atoms with van der Waals surface area (Å²) in [6.45, 7) is 5.50. The van der Waals surface area contributed by atoms with Gasteiger partial charge in [0.15, 0.2) is 0 Å². The quantitative estimate of drug-likeness (QED) is 0.574. The molecule has 0 fully saturated rings. The van der Waals surface area contributed by atoms with Crippen LogP contribution in [-0.2, 0) is 11.3 Å². The summed E-state index contributed by atoms with van der Waals surface area (Å²) in [7, 11) is 0. The van der Waals surface area contributed by atoms with Gasteiger partial charge in [0.05, 0.1) is 13.2 Å². The first-order chi connectivity index (χ1) is 10.2. The molecule has 0 aliphatic rings. The molecule has 0 heterocycles. The van der Waals surface area contributed by atoms with Gasteiger partial charge in [-0.15, -0.1) is 0 Å². The Morgan fingerprint density at radius 3 is 2.29 bits per heavy atom. The normalized spacial score (nSPS) is 10.4. The number of ether oxygens (including phenoxy) is 2. The van der Waals surface area contributed by atoms with Gasteiger partial charge in [-0.05, 0) is 42.7 Å². The lowest BCUT2D eigenvalue weighted by molar-refractivity contribution is 0.0885. The largest absolute Gasteiger partial charge is 0.491 e. The van der Waals surface area contributed by atoms with Crippen LogP contribution in [0.4, 0.5) is 0 Å². The van der Waals surface area contributed by atoms with Crippen molar-refractivity contribution in [2.24, 2.45) is 0 Å². The minimum absolute atomic E-state index is 0.495. The molecule has 3 nitrogen and oxygen atoms in total. The van der Waals surface area contributed by atoms with Gasteiger partial charge in [-0.1, -0.05) is 30.3 Å². The van der Waals surface area contributed by atoms with Crippen LogP contribution in [0.25, 0.3) is 0 Å². The Balaban J connectivity index is 1.80. The number of rotatable bonds is 7. The number of hydrogen-bond donors (Lipinski definition) is 0. The summed E-state index contributed by atoms with van der Waals surface area (Å²) in [5, 5.41) is 0. The number of aryl methyl sites for hydroxylation is 2. The zero-order chi connectivity index (χ0) is 15.1. The van der Waals surface area contributed by atoms with Gasteiger partial charge in [0, 0.05) is 5.56 Å². The standard InChI is InChI=1S/C18H20O3/c1-14-10-17(12-19)11-15(2)18(14)21-9-8-20-13-16-6-4-3-5-7-16/h3-7,10-12H,8-9,13H2,1-2H3. The molecule has 0 saturated heterocycles. The molecule has 0 aliphatic carbocycles. The Kier molecular flexibility index (Phi) is 5.52. The molecule has 0 atom stereocenters.